The lowest BCUT2D eigenvalue weighted by molar-refractivity contribution is -0.134. The fraction of sp³-hybridized carbons (Fsp3) is 1.00. The Labute approximate surface area is 99.0 Å². The van der Waals surface area contributed by atoms with Crippen molar-refractivity contribution in [1.29, 1.82) is 0 Å². The van der Waals surface area contributed by atoms with Crippen LogP contribution in [-0.2, 0) is 10.0 Å². The lowest BCUT2D eigenvalue weighted by Crippen LogP contribution is -2.40. The van der Waals surface area contributed by atoms with Crippen LogP contribution in [0.15, 0.2) is 0 Å². The number of hydrogen-bond donors (Lipinski definition) is 2. The molecule has 0 saturated carbocycles. The Morgan fingerprint density at radius 3 is 2.47 bits per heavy atom. The smallest absolute Gasteiger partial charge is 0.315 e. The molecule has 17 heavy (non-hydrogen) atoms. The second-order valence-electron chi connectivity index (χ2n) is 4.40. The molecule has 0 bridgehead atoms. The van der Waals surface area contributed by atoms with Crippen LogP contribution in [0.4, 0.5) is 13.2 Å². The molecule has 0 radical (unpaired) electrons. The van der Waals surface area contributed by atoms with E-state index < -0.39 is 34.8 Å². The van der Waals surface area contributed by atoms with Gasteiger partial charge in [0.1, 0.15) is 0 Å². The summed E-state index contributed by atoms with van der Waals surface area (Å²) in [5, 5.41) is 3.02. The van der Waals surface area contributed by atoms with Gasteiger partial charge in [-0.25, -0.2) is 13.1 Å². The van der Waals surface area contributed by atoms with Crippen LogP contribution in [0.25, 0.3) is 0 Å². The monoisotopic (exact) mass is 274 g/mol. The zero-order valence-electron chi connectivity index (χ0n) is 9.55. The Balaban J connectivity index is 2.36. The van der Waals surface area contributed by atoms with E-state index in [4.69, 9.17) is 0 Å². The second-order valence-corrected chi connectivity index (χ2v) is 6.27. The molecule has 4 nitrogen and oxygen atoms in total. The summed E-state index contributed by atoms with van der Waals surface area (Å²) in [6, 6.07) is -0.217. The van der Waals surface area contributed by atoms with Crippen LogP contribution in [0.1, 0.15) is 19.8 Å². The Bertz CT molecular complexity index is 343. The van der Waals surface area contributed by atoms with Crippen molar-refractivity contribution < 1.29 is 21.6 Å². The van der Waals surface area contributed by atoms with Crippen LogP contribution < -0.4 is 10.0 Å². The van der Waals surface area contributed by atoms with Crippen molar-refractivity contribution in [2.75, 3.05) is 18.8 Å². The Morgan fingerprint density at radius 1 is 1.35 bits per heavy atom. The quantitative estimate of drug-likeness (QED) is 0.781. The van der Waals surface area contributed by atoms with Crippen molar-refractivity contribution in [3.63, 3.8) is 0 Å². The molecule has 2 unspecified atom stereocenters. The summed E-state index contributed by atoms with van der Waals surface area (Å²) in [6.45, 7) is 3.14. The molecule has 2 atom stereocenters. The first-order valence-corrected chi connectivity index (χ1v) is 7.12. The summed E-state index contributed by atoms with van der Waals surface area (Å²) in [6.07, 6.45) is -5.75. The minimum atomic E-state index is -4.29. The summed E-state index contributed by atoms with van der Waals surface area (Å²) >= 11 is 0. The predicted molar refractivity (Wildman–Crippen MR) is 58.0 cm³/mol. The highest BCUT2D eigenvalue weighted by molar-refractivity contribution is 7.89. The minimum absolute atomic E-state index is 0.160. The maximum atomic E-state index is 11.9. The van der Waals surface area contributed by atoms with Gasteiger partial charge in [-0.15, -0.1) is 0 Å². The molecule has 8 heteroatoms. The van der Waals surface area contributed by atoms with E-state index in [1.165, 1.54) is 0 Å². The van der Waals surface area contributed by atoms with Gasteiger partial charge in [0, 0.05) is 19.0 Å². The number of nitrogens with one attached hydrogen (secondary N) is 2. The van der Waals surface area contributed by atoms with Crippen LogP contribution >= 0.6 is 0 Å². The van der Waals surface area contributed by atoms with E-state index in [-0.39, 0.29) is 12.0 Å². The molecule has 1 saturated heterocycles. The normalized spacial score (nSPS) is 26.4. The summed E-state index contributed by atoms with van der Waals surface area (Å²) in [4.78, 5) is 0. The predicted octanol–water partition coefficient (Wildman–Crippen LogP) is 0.856. The van der Waals surface area contributed by atoms with E-state index >= 15 is 0 Å². The number of hydrogen-bond acceptors (Lipinski definition) is 3. The van der Waals surface area contributed by atoms with Crippen molar-refractivity contribution in [2.24, 2.45) is 5.92 Å². The third-order valence-corrected chi connectivity index (χ3v) is 4.21. The molecule has 0 aliphatic carbocycles. The highest BCUT2D eigenvalue weighted by Gasteiger charge is 2.30. The fourth-order valence-electron chi connectivity index (χ4n) is 1.72. The fourth-order valence-corrected chi connectivity index (χ4v) is 3.14. The van der Waals surface area contributed by atoms with Crippen molar-refractivity contribution in [1.82, 2.24) is 10.0 Å². The molecule has 2 N–H and O–H groups in total. The summed E-state index contributed by atoms with van der Waals surface area (Å²) in [7, 11) is -3.61. The maximum absolute atomic E-state index is 11.9. The van der Waals surface area contributed by atoms with E-state index in [0.717, 1.165) is 6.54 Å². The molecule has 1 aliphatic heterocycles. The van der Waals surface area contributed by atoms with E-state index in [1.807, 2.05) is 6.92 Å². The van der Waals surface area contributed by atoms with Crippen LogP contribution in [0.2, 0.25) is 0 Å². The van der Waals surface area contributed by atoms with Crippen LogP contribution in [0.5, 0.6) is 0 Å². The lowest BCUT2D eigenvalue weighted by atomic mass is 10.1. The summed E-state index contributed by atoms with van der Waals surface area (Å²) < 4.78 is 61.1. The van der Waals surface area contributed by atoms with E-state index in [0.29, 0.717) is 6.54 Å². The van der Waals surface area contributed by atoms with Crippen LogP contribution in [0.3, 0.4) is 0 Å². The van der Waals surface area contributed by atoms with Gasteiger partial charge in [0.25, 0.3) is 0 Å². The molecular formula is C9H17F3N2O2S. The van der Waals surface area contributed by atoms with Gasteiger partial charge in [-0.3, -0.25) is 0 Å². The molecule has 0 aromatic rings. The Morgan fingerprint density at radius 2 is 2.00 bits per heavy atom. The zero-order chi connectivity index (χ0) is 13.1. The van der Waals surface area contributed by atoms with Crippen molar-refractivity contribution >= 4 is 10.0 Å². The number of halogens is 3. The van der Waals surface area contributed by atoms with E-state index in [9.17, 15) is 21.6 Å². The first-order chi connectivity index (χ1) is 7.70. The summed E-state index contributed by atoms with van der Waals surface area (Å²) in [5.74, 6) is -0.317. The highest BCUT2D eigenvalue weighted by Crippen LogP contribution is 2.21. The van der Waals surface area contributed by atoms with Crippen molar-refractivity contribution in [2.45, 2.75) is 32.0 Å². The standard InChI is InChI=1S/C9H17F3N2O2S/c1-7-5-13-6-8(7)14-17(15,16)4-2-3-9(10,11)12/h7-8,13-14H,2-6H2,1H3. The largest absolute Gasteiger partial charge is 0.389 e. The second kappa shape index (κ2) is 5.53. The SMILES string of the molecule is CC1CNCC1NS(=O)(=O)CCCC(F)(F)F. The van der Waals surface area contributed by atoms with Crippen LogP contribution in [0, 0.1) is 5.92 Å². The molecule has 0 spiro atoms. The molecule has 0 amide bonds. The van der Waals surface area contributed by atoms with Gasteiger partial charge >= 0.3 is 6.18 Å². The van der Waals surface area contributed by atoms with Gasteiger partial charge < -0.3 is 5.32 Å². The third-order valence-electron chi connectivity index (χ3n) is 2.72. The molecule has 0 aromatic heterocycles. The molecule has 1 heterocycles. The van der Waals surface area contributed by atoms with Crippen molar-refractivity contribution in [3.05, 3.63) is 0 Å². The van der Waals surface area contributed by atoms with Gasteiger partial charge in [-0.1, -0.05) is 6.92 Å². The lowest BCUT2D eigenvalue weighted by Gasteiger charge is -2.16. The molecule has 1 fully saturated rings. The maximum Gasteiger partial charge on any atom is 0.389 e. The van der Waals surface area contributed by atoms with Gasteiger partial charge in [0.2, 0.25) is 10.0 Å². The van der Waals surface area contributed by atoms with Crippen molar-refractivity contribution in [3.8, 4) is 0 Å². The highest BCUT2D eigenvalue weighted by atomic mass is 32.2. The average Bonchev–Trinajstić information content (AvgIpc) is 2.48. The Hall–Kier alpha value is -0.340. The summed E-state index contributed by atoms with van der Waals surface area (Å²) in [5.41, 5.74) is 0. The molecule has 1 aliphatic rings. The van der Waals surface area contributed by atoms with Gasteiger partial charge in [0.15, 0.2) is 0 Å². The topological polar surface area (TPSA) is 58.2 Å². The first-order valence-electron chi connectivity index (χ1n) is 5.47. The van der Waals surface area contributed by atoms with Gasteiger partial charge in [0.05, 0.1) is 5.75 Å². The Kier molecular flexibility index (Phi) is 4.79. The third kappa shape index (κ3) is 5.69. The van der Waals surface area contributed by atoms with E-state index in [2.05, 4.69) is 10.0 Å². The molecular weight excluding hydrogens is 257 g/mol. The first kappa shape index (κ1) is 14.7. The zero-order valence-corrected chi connectivity index (χ0v) is 10.4. The number of alkyl halides is 3. The van der Waals surface area contributed by atoms with E-state index in [1.54, 1.807) is 0 Å². The van der Waals surface area contributed by atoms with Crippen LogP contribution in [-0.4, -0.2) is 39.5 Å². The van der Waals surface area contributed by atoms with Gasteiger partial charge in [-0.05, 0) is 18.9 Å². The molecule has 0 aromatic carbocycles. The number of sulfonamides is 1. The molecule has 1 rings (SSSR count). The number of rotatable bonds is 5. The molecule has 102 valence electrons. The minimum Gasteiger partial charge on any atom is -0.315 e. The average molecular weight is 274 g/mol. The van der Waals surface area contributed by atoms with Gasteiger partial charge in [-0.2, -0.15) is 13.2 Å².